The molecule has 1 heterocycles. The molecule has 2 fully saturated rings. The van der Waals surface area contributed by atoms with E-state index in [0.29, 0.717) is 39.1 Å². The van der Waals surface area contributed by atoms with E-state index in [0.717, 1.165) is 32.1 Å². The first-order valence-electron chi connectivity index (χ1n) is 10.8. The molecular weight excluding hydrogens is 407 g/mol. The molecule has 1 aromatic rings. The van der Waals surface area contributed by atoms with E-state index >= 15 is 0 Å². The highest BCUT2D eigenvalue weighted by Crippen LogP contribution is 2.34. The van der Waals surface area contributed by atoms with Crippen molar-refractivity contribution in [3.05, 3.63) is 29.6 Å². The minimum Gasteiger partial charge on any atom is -0.398 e. The van der Waals surface area contributed by atoms with Gasteiger partial charge in [0.1, 0.15) is 5.82 Å². The van der Waals surface area contributed by atoms with Crippen molar-refractivity contribution in [2.75, 3.05) is 44.2 Å². The van der Waals surface area contributed by atoms with Gasteiger partial charge < -0.3 is 11.1 Å². The van der Waals surface area contributed by atoms with Crippen LogP contribution in [0.25, 0.3) is 0 Å². The van der Waals surface area contributed by atoms with Gasteiger partial charge in [0, 0.05) is 44.0 Å². The zero-order valence-corrected chi connectivity index (χ0v) is 18.5. The third-order valence-electron chi connectivity index (χ3n) is 6.40. The molecule has 0 unspecified atom stereocenters. The Hall–Kier alpha value is -1.71. The lowest BCUT2D eigenvalue weighted by atomic mass is 9.79. The van der Waals surface area contributed by atoms with E-state index in [4.69, 9.17) is 5.73 Å². The minimum atomic E-state index is -3.20. The predicted molar refractivity (Wildman–Crippen MR) is 116 cm³/mol. The van der Waals surface area contributed by atoms with Crippen molar-refractivity contribution in [3.8, 4) is 0 Å². The summed E-state index contributed by atoms with van der Waals surface area (Å²) < 4.78 is 40.5. The maximum atomic E-state index is 14.1. The summed E-state index contributed by atoms with van der Waals surface area (Å²) >= 11 is 0. The smallest absolute Gasteiger partial charge is 0.256 e. The summed E-state index contributed by atoms with van der Waals surface area (Å²) in [6.07, 6.45) is 5.75. The number of sulfonamides is 1. The maximum absolute atomic E-state index is 14.1. The number of hydrogen-bond donors (Lipinski definition) is 2. The number of carbonyl (C=O) groups is 1. The van der Waals surface area contributed by atoms with Crippen LogP contribution in [-0.4, -0.2) is 67.5 Å². The van der Waals surface area contributed by atoms with E-state index in [1.807, 2.05) is 6.92 Å². The predicted octanol–water partition coefficient (Wildman–Crippen LogP) is 2.20. The number of halogens is 1. The zero-order valence-electron chi connectivity index (χ0n) is 17.7. The summed E-state index contributed by atoms with van der Waals surface area (Å²) in [6, 6.07) is 4.23. The summed E-state index contributed by atoms with van der Waals surface area (Å²) in [4.78, 5) is 15.0. The van der Waals surface area contributed by atoms with Gasteiger partial charge in [0.05, 0.1) is 11.3 Å². The van der Waals surface area contributed by atoms with Crippen LogP contribution in [0.15, 0.2) is 18.2 Å². The number of carbonyl (C=O) groups excluding carboxylic acids is 1. The molecule has 3 rings (SSSR count). The van der Waals surface area contributed by atoms with E-state index < -0.39 is 21.7 Å². The number of hydrogen-bond acceptors (Lipinski definition) is 5. The van der Waals surface area contributed by atoms with Gasteiger partial charge in [-0.15, -0.1) is 0 Å². The van der Waals surface area contributed by atoms with E-state index in [2.05, 4.69) is 10.2 Å². The molecule has 0 radical (unpaired) electrons. The molecular formula is C21H33FN4O3S. The third kappa shape index (κ3) is 4.95. The van der Waals surface area contributed by atoms with Gasteiger partial charge in [-0.3, -0.25) is 9.69 Å². The normalized spacial score (nSPS) is 20.7. The fraction of sp³-hybridized carbons (Fsp3) is 0.667. The van der Waals surface area contributed by atoms with Crippen molar-refractivity contribution >= 4 is 21.6 Å². The van der Waals surface area contributed by atoms with Crippen LogP contribution in [-0.2, 0) is 10.0 Å². The van der Waals surface area contributed by atoms with Gasteiger partial charge in [0.15, 0.2) is 0 Å². The van der Waals surface area contributed by atoms with Crippen LogP contribution in [0.3, 0.4) is 0 Å². The summed E-state index contributed by atoms with van der Waals surface area (Å²) in [6.45, 7) is 4.50. The highest BCUT2D eigenvalue weighted by Gasteiger charge is 2.41. The first-order valence-corrected chi connectivity index (χ1v) is 12.4. The van der Waals surface area contributed by atoms with E-state index in [-0.39, 0.29) is 22.5 Å². The number of nitrogens with zero attached hydrogens (tertiary/aromatic N) is 2. The first-order chi connectivity index (χ1) is 14.3. The van der Waals surface area contributed by atoms with E-state index in [1.165, 1.54) is 18.2 Å². The number of anilines is 1. The molecule has 1 saturated carbocycles. The van der Waals surface area contributed by atoms with Gasteiger partial charge in [0.25, 0.3) is 5.91 Å². The highest BCUT2D eigenvalue weighted by molar-refractivity contribution is 7.89. The van der Waals surface area contributed by atoms with Gasteiger partial charge in [0.2, 0.25) is 10.0 Å². The number of rotatable bonds is 7. The molecule has 30 heavy (non-hydrogen) atoms. The lowest BCUT2D eigenvalue weighted by Gasteiger charge is -2.49. The summed E-state index contributed by atoms with van der Waals surface area (Å²) in [5, 5.41) is 2.92. The number of benzene rings is 1. The molecule has 1 amide bonds. The molecule has 0 atom stereocenters. The lowest BCUT2D eigenvalue weighted by molar-refractivity contribution is 0.0240. The van der Waals surface area contributed by atoms with Crippen molar-refractivity contribution in [1.82, 2.24) is 14.5 Å². The number of nitrogens with one attached hydrogen (secondary N) is 1. The Morgan fingerprint density at radius 3 is 2.43 bits per heavy atom. The summed E-state index contributed by atoms with van der Waals surface area (Å²) in [7, 11) is -3.20. The molecule has 2 aliphatic rings. The van der Waals surface area contributed by atoms with Crippen LogP contribution in [0.5, 0.6) is 0 Å². The molecule has 0 bridgehead atoms. The van der Waals surface area contributed by atoms with Gasteiger partial charge in [-0.1, -0.05) is 32.3 Å². The van der Waals surface area contributed by atoms with Crippen molar-refractivity contribution in [2.45, 2.75) is 51.0 Å². The maximum Gasteiger partial charge on any atom is 0.256 e. The zero-order chi connectivity index (χ0) is 21.8. The second-order valence-corrected chi connectivity index (χ2v) is 10.5. The molecule has 1 saturated heterocycles. The number of piperazine rings is 1. The summed E-state index contributed by atoms with van der Waals surface area (Å²) in [5.41, 5.74) is 5.60. The SMILES string of the molecule is CCCS(=O)(=O)N1CCN(C2(CNC(=O)c3c(N)cccc3F)CCCCC2)CC1. The first kappa shape index (κ1) is 23.0. The number of nitrogen functional groups attached to an aromatic ring is 1. The van der Waals surface area contributed by atoms with E-state index in [1.54, 1.807) is 4.31 Å². The van der Waals surface area contributed by atoms with Crippen molar-refractivity contribution in [1.29, 1.82) is 0 Å². The van der Waals surface area contributed by atoms with Crippen LogP contribution in [0.4, 0.5) is 10.1 Å². The molecule has 0 spiro atoms. The lowest BCUT2D eigenvalue weighted by Crippen LogP contribution is -2.62. The monoisotopic (exact) mass is 440 g/mol. The van der Waals surface area contributed by atoms with Crippen LogP contribution in [0.1, 0.15) is 55.8 Å². The highest BCUT2D eigenvalue weighted by atomic mass is 32.2. The Labute approximate surface area is 178 Å². The molecule has 1 aliphatic carbocycles. The molecule has 9 heteroatoms. The Morgan fingerprint density at radius 1 is 1.17 bits per heavy atom. The number of nitrogens with two attached hydrogens (primary N) is 1. The molecule has 7 nitrogen and oxygen atoms in total. The molecule has 3 N–H and O–H groups in total. The van der Waals surface area contributed by atoms with Crippen molar-refractivity contribution in [3.63, 3.8) is 0 Å². The Kier molecular flexibility index (Phi) is 7.36. The van der Waals surface area contributed by atoms with Gasteiger partial charge >= 0.3 is 0 Å². The summed E-state index contributed by atoms with van der Waals surface area (Å²) in [5.74, 6) is -0.946. The number of amides is 1. The van der Waals surface area contributed by atoms with Crippen LogP contribution >= 0.6 is 0 Å². The molecule has 1 aliphatic heterocycles. The van der Waals surface area contributed by atoms with Crippen LogP contribution < -0.4 is 11.1 Å². The van der Waals surface area contributed by atoms with Crippen LogP contribution in [0, 0.1) is 5.82 Å². The average Bonchev–Trinajstić information content (AvgIpc) is 2.73. The second-order valence-electron chi connectivity index (χ2n) is 8.37. The largest absolute Gasteiger partial charge is 0.398 e. The second kappa shape index (κ2) is 9.62. The Bertz CT molecular complexity index is 828. The Balaban J connectivity index is 1.69. The van der Waals surface area contributed by atoms with Crippen molar-refractivity contribution < 1.29 is 17.6 Å². The van der Waals surface area contributed by atoms with Crippen LogP contribution in [0.2, 0.25) is 0 Å². The Morgan fingerprint density at radius 2 is 1.83 bits per heavy atom. The minimum absolute atomic E-state index is 0.112. The van der Waals surface area contributed by atoms with Crippen molar-refractivity contribution in [2.24, 2.45) is 0 Å². The average molecular weight is 441 g/mol. The topological polar surface area (TPSA) is 95.7 Å². The fourth-order valence-electron chi connectivity index (χ4n) is 4.76. The quantitative estimate of drug-likeness (QED) is 0.634. The van der Waals surface area contributed by atoms with Gasteiger partial charge in [-0.05, 0) is 31.4 Å². The standard InChI is InChI=1S/C21H33FN4O3S/c1-2-15-30(28,29)26-13-11-25(12-14-26)21(9-4-3-5-10-21)16-24-20(27)19-17(22)7-6-8-18(19)23/h6-8H,2-5,9-16,23H2,1H3,(H,24,27). The molecule has 0 aromatic heterocycles. The molecule has 1 aromatic carbocycles. The fourth-order valence-corrected chi connectivity index (χ4v) is 6.25. The van der Waals surface area contributed by atoms with E-state index in [9.17, 15) is 17.6 Å². The third-order valence-corrected chi connectivity index (χ3v) is 8.48. The molecule has 168 valence electrons. The van der Waals surface area contributed by atoms with Gasteiger partial charge in [-0.25, -0.2) is 12.8 Å². The van der Waals surface area contributed by atoms with Gasteiger partial charge in [-0.2, -0.15) is 4.31 Å².